The van der Waals surface area contributed by atoms with E-state index in [0.29, 0.717) is 9.90 Å². The fourth-order valence-electron chi connectivity index (χ4n) is 1.60. The third-order valence-electron chi connectivity index (χ3n) is 2.51. The van der Waals surface area contributed by atoms with E-state index in [1.165, 1.54) is 23.5 Å². The van der Waals surface area contributed by atoms with E-state index in [0.717, 1.165) is 5.56 Å². The molecule has 1 aromatic carbocycles. The zero-order chi connectivity index (χ0) is 12.4. The lowest BCUT2D eigenvalue weighted by Gasteiger charge is -2.04. The van der Waals surface area contributed by atoms with Crippen LogP contribution in [0.4, 0.5) is 4.39 Å². The average molecular weight is 269 g/mol. The predicted octanol–water partition coefficient (Wildman–Crippen LogP) is 4.27. The standard InChI is InChI=1S/C13H10ClFOS/c1-8-5-6-17-13(8)12(16)7-9-10(14)3-2-4-11(9)15/h2-6H,7H2,1H3. The Balaban J connectivity index is 2.28. The molecule has 0 aliphatic carbocycles. The SMILES string of the molecule is Cc1ccsc1C(=O)Cc1c(F)cccc1Cl. The number of Topliss-reactive ketones (excluding diaryl/α,β-unsaturated/α-hetero) is 1. The number of ketones is 1. The Hall–Kier alpha value is -1.19. The molecule has 0 amide bonds. The first-order valence-electron chi connectivity index (χ1n) is 5.10. The van der Waals surface area contributed by atoms with Crippen LogP contribution in [0.2, 0.25) is 5.02 Å². The number of aryl methyl sites for hydroxylation is 1. The van der Waals surface area contributed by atoms with Crippen molar-refractivity contribution in [3.05, 3.63) is 56.5 Å². The lowest BCUT2D eigenvalue weighted by atomic mass is 10.1. The largest absolute Gasteiger partial charge is 0.293 e. The topological polar surface area (TPSA) is 17.1 Å². The van der Waals surface area contributed by atoms with Crippen molar-refractivity contribution in [3.63, 3.8) is 0 Å². The maximum atomic E-state index is 13.5. The van der Waals surface area contributed by atoms with E-state index in [1.807, 2.05) is 18.4 Å². The van der Waals surface area contributed by atoms with Gasteiger partial charge in [-0.1, -0.05) is 17.7 Å². The Kier molecular flexibility index (Phi) is 3.60. The van der Waals surface area contributed by atoms with Gasteiger partial charge < -0.3 is 0 Å². The van der Waals surface area contributed by atoms with Crippen molar-refractivity contribution in [2.45, 2.75) is 13.3 Å². The van der Waals surface area contributed by atoms with Crippen LogP contribution in [0.5, 0.6) is 0 Å². The molecule has 0 aliphatic rings. The van der Waals surface area contributed by atoms with Crippen molar-refractivity contribution in [1.82, 2.24) is 0 Å². The Morgan fingerprint density at radius 3 is 2.76 bits per heavy atom. The molecule has 1 aromatic heterocycles. The highest BCUT2D eigenvalue weighted by atomic mass is 35.5. The molecule has 0 N–H and O–H groups in total. The number of hydrogen-bond acceptors (Lipinski definition) is 2. The van der Waals surface area contributed by atoms with Gasteiger partial charge in [0.2, 0.25) is 0 Å². The minimum absolute atomic E-state index is 0.00681. The summed E-state index contributed by atoms with van der Waals surface area (Å²) in [6.45, 7) is 1.87. The maximum Gasteiger partial charge on any atom is 0.177 e. The normalized spacial score (nSPS) is 10.5. The highest BCUT2D eigenvalue weighted by Gasteiger charge is 2.15. The molecule has 0 aliphatic heterocycles. The number of thiophene rings is 1. The molecule has 1 nitrogen and oxygen atoms in total. The van der Waals surface area contributed by atoms with E-state index >= 15 is 0 Å². The first kappa shape index (κ1) is 12.3. The van der Waals surface area contributed by atoms with Crippen LogP contribution in [-0.2, 0) is 6.42 Å². The summed E-state index contributed by atoms with van der Waals surface area (Å²) in [6.07, 6.45) is 0.00681. The van der Waals surface area contributed by atoms with Crippen LogP contribution in [0.25, 0.3) is 0 Å². The molecule has 0 radical (unpaired) electrons. The van der Waals surface area contributed by atoms with Gasteiger partial charge in [0, 0.05) is 17.0 Å². The van der Waals surface area contributed by atoms with E-state index < -0.39 is 5.82 Å². The van der Waals surface area contributed by atoms with E-state index in [4.69, 9.17) is 11.6 Å². The van der Waals surface area contributed by atoms with Crippen molar-refractivity contribution in [2.24, 2.45) is 0 Å². The van der Waals surface area contributed by atoms with Crippen molar-refractivity contribution < 1.29 is 9.18 Å². The summed E-state index contributed by atoms with van der Waals surface area (Å²) in [5.74, 6) is -0.524. The molecule has 4 heteroatoms. The fraction of sp³-hybridized carbons (Fsp3) is 0.154. The average Bonchev–Trinajstić information content (AvgIpc) is 2.70. The number of benzene rings is 1. The van der Waals surface area contributed by atoms with E-state index in [2.05, 4.69) is 0 Å². The fourth-order valence-corrected chi connectivity index (χ4v) is 2.70. The number of carbonyl (C=O) groups is 1. The summed E-state index contributed by atoms with van der Waals surface area (Å²) in [5.41, 5.74) is 1.19. The molecule has 0 atom stereocenters. The summed E-state index contributed by atoms with van der Waals surface area (Å²) in [5, 5.41) is 2.15. The highest BCUT2D eigenvalue weighted by molar-refractivity contribution is 7.12. The van der Waals surface area contributed by atoms with Crippen molar-refractivity contribution in [1.29, 1.82) is 0 Å². The van der Waals surface area contributed by atoms with Gasteiger partial charge in [0.25, 0.3) is 0 Å². The molecular formula is C13H10ClFOS. The van der Waals surface area contributed by atoms with Crippen LogP contribution in [0.1, 0.15) is 20.8 Å². The van der Waals surface area contributed by atoms with Crippen LogP contribution in [0.15, 0.2) is 29.6 Å². The molecule has 0 unspecified atom stereocenters. The van der Waals surface area contributed by atoms with Gasteiger partial charge in [-0.3, -0.25) is 4.79 Å². The number of hydrogen-bond donors (Lipinski definition) is 0. The van der Waals surface area contributed by atoms with Gasteiger partial charge in [-0.25, -0.2) is 4.39 Å². The van der Waals surface area contributed by atoms with Crippen molar-refractivity contribution in [2.75, 3.05) is 0 Å². The second kappa shape index (κ2) is 4.98. The molecule has 2 aromatic rings. The molecular weight excluding hydrogens is 259 g/mol. The molecule has 0 spiro atoms. The second-order valence-corrected chi connectivity index (χ2v) is 5.06. The number of carbonyl (C=O) groups excluding carboxylic acids is 1. The summed E-state index contributed by atoms with van der Waals surface area (Å²) in [6, 6.07) is 6.31. The minimum atomic E-state index is -0.431. The van der Waals surface area contributed by atoms with Crippen LogP contribution >= 0.6 is 22.9 Å². The Morgan fingerprint density at radius 1 is 1.41 bits per heavy atom. The van der Waals surface area contributed by atoms with Gasteiger partial charge in [0.1, 0.15) is 5.82 Å². The van der Waals surface area contributed by atoms with Crippen LogP contribution in [-0.4, -0.2) is 5.78 Å². The first-order valence-corrected chi connectivity index (χ1v) is 6.35. The van der Waals surface area contributed by atoms with Crippen LogP contribution < -0.4 is 0 Å². The Bertz CT molecular complexity index is 542. The van der Waals surface area contributed by atoms with Gasteiger partial charge >= 0.3 is 0 Å². The Labute approximate surface area is 108 Å². The summed E-state index contributed by atoms with van der Waals surface area (Å²) >= 11 is 7.26. The smallest absolute Gasteiger partial charge is 0.177 e. The van der Waals surface area contributed by atoms with Gasteiger partial charge in [-0.2, -0.15) is 0 Å². The predicted molar refractivity (Wildman–Crippen MR) is 68.5 cm³/mol. The molecule has 0 saturated heterocycles. The third kappa shape index (κ3) is 2.56. The number of halogens is 2. The van der Waals surface area contributed by atoms with E-state index in [1.54, 1.807) is 6.07 Å². The maximum absolute atomic E-state index is 13.5. The summed E-state index contributed by atoms with van der Waals surface area (Å²) < 4.78 is 13.5. The second-order valence-electron chi connectivity index (χ2n) is 3.73. The summed E-state index contributed by atoms with van der Waals surface area (Å²) in [7, 11) is 0. The molecule has 88 valence electrons. The highest BCUT2D eigenvalue weighted by Crippen LogP contribution is 2.23. The third-order valence-corrected chi connectivity index (χ3v) is 3.93. The lowest BCUT2D eigenvalue weighted by molar-refractivity contribution is 0.0995. The minimum Gasteiger partial charge on any atom is -0.293 e. The van der Waals surface area contributed by atoms with Gasteiger partial charge in [-0.05, 0) is 36.1 Å². The monoisotopic (exact) mass is 268 g/mol. The zero-order valence-corrected chi connectivity index (χ0v) is 10.7. The van der Waals surface area contributed by atoms with Gasteiger partial charge in [-0.15, -0.1) is 11.3 Å². The molecule has 0 fully saturated rings. The Morgan fingerprint density at radius 2 is 2.18 bits per heavy atom. The van der Waals surface area contributed by atoms with E-state index in [-0.39, 0.29) is 17.8 Å². The zero-order valence-electron chi connectivity index (χ0n) is 9.17. The summed E-state index contributed by atoms with van der Waals surface area (Å²) in [4.78, 5) is 12.7. The molecule has 17 heavy (non-hydrogen) atoms. The van der Waals surface area contributed by atoms with E-state index in [9.17, 15) is 9.18 Å². The molecule has 1 heterocycles. The van der Waals surface area contributed by atoms with Crippen molar-refractivity contribution >= 4 is 28.7 Å². The quantitative estimate of drug-likeness (QED) is 0.760. The lowest BCUT2D eigenvalue weighted by Crippen LogP contribution is -2.05. The molecule has 2 rings (SSSR count). The van der Waals surface area contributed by atoms with Crippen molar-refractivity contribution in [3.8, 4) is 0 Å². The molecule has 0 saturated carbocycles. The van der Waals surface area contributed by atoms with Crippen LogP contribution in [0.3, 0.4) is 0 Å². The molecule has 0 bridgehead atoms. The first-order chi connectivity index (χ1) is 8.09. The number of rotatable bonds is 3. The van der Waals surface area contributed by atoms with Crippen LogP contribution in [0, 0.1) is 12.7 Å². The van der Waals surface area contributed by atoms with Gasteiger partial charge in [0.05, 0.1) is 4.88 Å². The van der Waals surface area contributed by atoms with Gasteiger partial charge in [0.15, 0.2) is 5.78 Å².